The van der Waals surface area contributed by atoms with E-state index in [-0.39, 0.29) is 13.2 Å². The number of rotatable bonds is 17. The molecule has 2 rings (SSSR count). The molecular formula is C36H54N4O8. The summed E-state index contributed by atoms with van der Waals surface area (Å²) in [6, 6.07) is 18.8. The lowest BCUT2D eigenvalue weighted by molar-refractivity contribution is 0.0208. The molecule has 2 aromatic carbocycles. The van der Waals surface area contributed by atoms with Gasteiger partial charge in [-0.1, -0.05) is 60.7 Å². The maximum Gasteiger partial charge on any atom is 0.410 e. The fourth-order valence-electron chi connectivity index (χ4n) is 4.32. The van der Waals surface area contributed by atoms with E-state index in [1.54, 1.807) is 9.80 Å². The molecule has 12 heteroatoms. The summed E-state index contributed by atoms with van der Waals surface area (Å²) < 4.78 is 21.7. The Hall–Kier alpha value is -4.48. The van der Waals surface area contributed by atoms with Crippen LogP contribution in [0.5, 0.6) is 0 Å². The largest absolute Gasteiger partial charge is 0.445 e. The van der Waals surface area contributed by atoms with Gasteiger partial charge in [-0.25, -0.2) is 19.2 Å². The maximum absolute atomic E-state index is 13.0. The van der Waals surface area contributed by atoms with Crippen LogP contribution < -0.4 is 10.6 Å². The van der Waals surface area contributed by atoms with Gasteiger partial charge >= 0.3 is 24.4 Å². The minimum Gasteiger partial charge on any atom is -0.445 e. The second-order valence-corrected chi connectivity index (χ2v) is 13.3. The van der Waals surface area contributed by atoms with Crippen LogP contribution in [0.4, 0.5) is 19.2 Å². The standard InChI is InChI=1S/C36H54N4O8/c1-35(2,3)47-33(43)39(25-15-21-37-31(41)45-27-29-17-9-7-10-18-29)23-13-14-24-40(34(44)48-36(4,5)6)26-16-22-38-32(42)46-28-30-19-11-8-12-20-30/h7-12,17-20H,13-16,21-28H2,1-6H3,(H,37,41)(H,38,42). The van der Waals surface area contributed by atoms with Crippen molar-refractivity contribution >= 4 is 24.4 Å². The number of amides is 4. The second-order valence-electron chi connectivity index (χ2n) is 13.3. The third kappa shape index (κ3) is 18.6. The molecule has 2 N–H and O–H groups in total. The van der Waals surface area contributed by atoms with E-state index >= 15 is 0 Å². The number of alkyl carbamates (subject to hydrolysis) is 2. The van der Waals surface area contributed by atoms with Crippen molar-refractivity contribution in [3.05, 3.63) is 71.8 Å². The summed E-state index contributed by atoms with van der Waals surface area (Å²) in [6.45, 7) is 13.4. The molecule has 0 heterocycles. The van der Waals surface area contributed by atoms with Gasteiger partial charge in [-0.2, -0.15) is 0 Å². The number of carbonyl (C=O) groups excluding carboxylic acids is 4. The van der Waals surface area contributed by atoms with Gasteiger partial charge in [-0.05, 0) is 78.4 Å². The molecule has 0 spiro atoms. The van der Waals surface area contributed by atoms with Crippen molar-refractivity contribution in [3.63, 3.8) is 0 Å². The molecule has 0 saturated carbocycles. The first kappa shape index (κ1) is 39.7. The fourth-order valence-corrected chi connectivity index (χ4v) is 4.32. The van der Waals surface area contributed by atoms with E-state index in [1.165, 1.54) is 0 Å². The highest BCUT2D eigenvalue weighted by Crippen LogP contribution is 2.13. The van der Waals surface area contributed by atoms with Crippen molar-refractivity contribution in [2.24, 2.45) is 0 Å². The highest BCUT2D eigenvalue weighted by Gasteiger charge is 2.24. The zero-order chi connectivity index (χ0) is 35.4. The third-order valence-electron chi connectivity index (χ3n) is 6.58. The Bertz CT molecular complexity index is 1150. The average molecular weight is 671 g/mol. The molecule has 48 heavy (non-hydrogen) atoms. The minimum atomic E-state index is -0.662. The van der Waals surface area contributed by atoms with Crippen molar-refractivity contribution in [3.8, 4) is 0 Å². The molecule has 0 unspecified atom stereocenters. The zero-order valence-electron chi connectivity index (χ0n) is 29.4. The average Bonchev–Trinajstić information content (AvgIpc) is 3.02. The van der Waals surface area contributed by atoms with Gasteiger partial charge in [0.1, 0.15) is 24.4 Å². The van der Waals surface area contributed by atoms with Gasteiger partial charge < -0.3 is 39.4 Å². The predicted octanol–water partition coefficient (Wildman–Crippen LogP) is 6.87. The first-order valence-corrected chi connectivity index (χ1v) is 16.6. The van der Waals surface area contributed by atoms with Gasteiger partial charge in [0.25, 0.3) is 0 Å². The van der Waals surface area contributed by atoms with Gasteiger partial charge in [0.2, 0.25) is 0 Å². The van der Waals surface area contributed by atoms with Crippen molar-refractivity contribution in [2.75, 3.05) is 39.3 Å². The summed E-state index contributed by atoms with van der Waals surface area (Å²) in [5.74, 6) is 0. The summed E-state index contributed by atoms with van der Waals surface area (Å²) in [5, 5.41) is 5.44. The van der Waals surface area contributed by atoms with E-state index in [2.05, 4.69) is 10.6 Å². The van der Waals surface area contributed by atoms with Gasteiger partial charge in [-0.3, -0.25) is 0 Å². The Kier molecular flexibility index (Phi) is 17.1. The molecular weight excluding hydrogens is 616 g/mol. The number of nitrogens with one attached hydrogen (secondary N) is 2. The van der Waals surface area contributed by atoms with Crippen LogP contribution in [-0.2, 0) is 32.2 Å². The number of unbranched alkanes of at least 4 members (excludes halogenated alkanes) is 1. The molecule has 0 aliphatic carbocycles. The molecule has 0 atom stereocenters. The van der Waals surface area contributed by atoms with Gasteiger partial charge in [0, 0.05) is 39.3 Å². The Balaban J connectivity index is 1.81. The molecule has 266 valence electrons. The Labute approximate surface area is 285 Å². The van der Waals surface area contributed by atoms with Crippen molar-refractivity contribution in [1.82, 2.24) is 20.4 Å². The van der Waals surface area contributed by atoms with Crippen LogP contribution in [0.1, 0.15) is 78.4 Å². The zero-order valence-corrected chi connectivity index (χ0v) is 29.4. The molecule has 0 aliphatic heterocycles. The molecule has 0 fully saturated rings. The topological polar surface area (TPSA) is 136 Å². The minimum absolute atomic E-state index is 0.175. The van der Waals surface area contributed by atoms with E-state index < -0.39 is 35.6 Å². The quantitative estimate of drug-likeness (QED) is 0.137. The van der Waals surface area contributed by atoms with E-state index in [0.717, 1.165) is 11.1 Å². The lowest BCUT2D eigenvalue weighted by Crippen LogP contribution is -2.40. The first-order chi connectivity index (χ1) is 22.7. The van der Waals surface area contributed by atoms with E-state index in [9.17, 15) is 19.2 Å². The fraction of sp³-hybridized carbons (Fsp3) is 0.556. The lowest BCUT2D eigenvalue weighted by atomic mass is 10.2. The van der Waals surface area contributed by atoms with E-state index in [4.69, 9.17) is 18.9 Å². The number of benzene rings is 2. The summed E-state index contributed by atoms with van der Waals surface area (Å²) in [6.07, 6.45) is 0.291. The SMILES string of the molecule is CC(C)(C)OC(=O)N(CCCCN(CCCNC(=O)OCc1ccccc1)C(=O)OC(C)(C)C)CCCNC(=O)OCc1ccccc1. The number of hydrogen-bond donors (Lipinski definition) is 2. The van der Waals surface area contributed by atoms with Crippen LogP contribution in [-0.4, -0.2) is 84.6 Å². The summed E-state index contributed by atoms with van der Waals surface area (Å²) in [7, 11) is 0. The van der Waals surface area contributed by atoms with Crippen LogP contribution in [0.3, 0.4) is 0 Å². The highest BCUT2D eigenvalue weighted by atomic mass is 16.6. The Morgan fingerprint density at radius 3 is 1.21 bits per heavy atom. The highest BCUT2D eigenvalue weighted by molar-refractivity contribution is 5.69. The number of carbonyl (C=O) groups is 4. The monoisotopic (exact) mass is 670 g/mol. The second kappa shape index (κ2) is 20.7. The number of ether oxygens (including phenoxy) is 4. The van der Waals surface area contributed by atoms with E-state index in [0.29, 0.717) is 65.0 Å². The Morgan fingerprint density at radius 2 is 0.875 bits per heavy atom. The smallest absolute Gasteiger partial charge is 0.410 e. The van der Waals surface area contributed by atoms with Crippen LogP contribution in [0.15, 0.2) is 60.7 Å². The Morgan fingerprint density at radius 1 is 0.542 bits per heavy atom. The van der Waals surface area contributed by atoms with Crippen molar-refractivity contribution < 1.29 is 38.1 Å². The molecule has 0 aliphatic rings. The van der Waals surface area contributed by atoms with Gasteiger partial charge in [0.05, 0.1) is 0 Å². The summed E-state index contributed by atoms with van der Waals surface area (Å²) >= 11 is 0. The number of nitrogens with zero attached hydrogens (tertiary/aromatic N) is 2. The molecule has 12 nitrogen and oxygen atoms in total. The molecule has 0 radical (unpaired) electrons. The van der Waals surface area contributed by atoms with Crippen LogP contribution >= 0.6 is 0 Å². The van der Waals surface area contributed by atoms with Crippen molar-refractivity contribution in [2.45, 2.75) is 91.6 Å². The van der Waals surface area contributed by atoms with Crippen LogP contribution in [0.2, 0.25) is 0 Å². The normalized spacial score (nSPS) is 11.2. The van der Waals surface area contributed by atoms with Gasteiger partial charge in [0.15, 0.2) is 0 Å². The van der Waals surface area contributed by atoms with Crippen LogP contribution in [0, 0.1) is 0 Å². The summed E-state index contributed by atoms with van der Waals surface area (Å²) in [5.41, 5.74) is 0.462. The number of hydrogen-bond acceptors (Lipinski definition) is 8. The molecule has 0 aromatic heterocycles. The van der Waals surface area contributed by atoms with Gasteiger partial charge in [-0.15, -0.1) is 0 Å². The third-order valence-corrected chi connectivity index (χ3v) is 6.58. The van der Waals surface area contributed by atoms with E-state index in [1.807, 2.05) is 102 Å². The first-order valence-electron chi connectivity index (χ1n) is 16.6. The van der Waals surface area contributed by atoms with Crippen molar-refractivity contribution in [1.29, 1.82) is 0 Å². The molecule has 0 saturated heterocycles. The summed E-state index contributed by atoms with van der Waals surface area (Å²) in [4.78, 5) is 53.4. The molecule has 0 bridgehead atoms. The lowest BCUT2D eigenvalue weighted by Gasteiger charge is -2.29. The predicted molar refractivity (Wildman–Crippen MR) is 183 cm³/mol. The molecule has 4 amide bonds. The maximum atomic E-state index is 13.0. The van der Waals surface area contributed by atoms with Crippen LogP contribution in [0.25, 0.3) is 0 Å². The molecule has 2 aromatic rings.